The molecule has 3 rings (SSSR count). The largest absolute Gasteiger partial charge is 0.469 e. The summed E-state index contributed by atoms with van der Waals surface area (Å²) in [6.07, 6.45) is 5.16. The zero-order valence-electron chi connectivity index (χ0n) is 14.1. The van der Waals surface area contributed by atoms with Crippen molar-refractivity contribution >= 4 is 0 Å². The minimum absolute atomic E-state index is 0.0407. The topological polar surface area (TPSA) is 15.7 Å². The van der Waals surface area contributed by atoms with Gasteiger partial charge in [-0.2, -0.15) is 0 Å². The van der Waals surface area contributed by atoms with Crippen molar-refractivity contribution < 1.29 is 4.74 Å². The van der Waals surface area contributed by atoms with Crippen LogP contribution in [0.15, 0.2) is 35.7 Å². The van der Waals surface area contributed by atoms with Gasteiger partial charge in [-0.05, 0) is 44.8 Å². The molecule has 3 nitrogen and oxygen atoms in total. The molecule has 1 aromatic carbocycles. The number of hydrogen-bond acceptors (Lipinski definition) is 3. The second kappa shape index (κ2) is 6.74. The first-order chi connectivity index (χ1) is 10.7. The Labute approximate surface area is 134 Å². The first kappa shape index (κ1) is 15.4. The highest BCUT2D eigenvalue weighted by Crippen LogP contribution is 2.36. The van der Waals surface area contributed by atoms with Crippen LogP contribution in [0.1, 0.15) is 56.9 Å². The number of ether oxygens (including phenoxy) is 1. The summed E-state index contributed by atoms with van der Waals surface area (Å²) in [5.74, 6) is 1.06. The number of benzene rings is 1. The highest BCUT2D eigenvalue weighted by molar-refractivity contribution is 5.27. The van der Waals surface area contributed by atoms with Crippen LogP contribution in [0.25, 0.3) is 0 Å². The Bertz CT molecular complexity index is 529. The molecule has 0 aliphatic carbocycles. The van der Waals surface area contributed by atoms with E-state index in [2.05, 4.69) is 55.0 Å². The summed E-state index contributed by atoms with van der Waals surface area (Å²) in [5.41, 5.74) is 3.96. The van der Waals surface area contributed by atoms with Crippen molar-refractivity contribution in [2.45, 2.75) is 52.3 Å². The summed E-state index contributed by atoms with van der Waals surface area (Å²) in [6.45, 7) is 7.83. The van der Waals surface area contributed by atoms with Crippen LogP contribution in [-0.4, -0.2) is 29.9 Å². The molecule has 0 aromatic heterocycles. The van der Waals surface area contributed by atoms with E-state index in [1.807, 2.05) is 0 Å². The average molecular weight is 300 g/mol. The molecule has 2 heterocycles. The molecule has 0 N–H and O–H groups in total. The average Bonchev–Trinajstić information content (AvgIpc) is 2.83. The first-order valence-electron chi connectivity index (χ1n) is 8.59. The van der Waals surface area contributed by atoms with Gasteiger partial charge in [0.1, 0.15) is 5.76 Å². The molecule has 0 radical (unpaired) electrons. The van der Waals surface area contributed by atoms with E-state index in [0.717, 1.165) is 18.7 Å². The van der Waals surface area contributed by atoms with Gasteiger partial charge in [0, 0.05) is 19.2 Å². The van der Waals surface area contributed by atoms with Gasteiger partial charge in [0.2, 0.25) is 0 Å². The maximum absolute atomic E-state index is 6.05. The van der Waals surface area contributed by atoms with Gasteiger partial charge in [-0.3, -0.25) is 4.90 Å². The maximum atomic E-state index is 6.05. The minimum atomic E-state index is 0.0407. The second-order valence-corrected chi connectivity index (χ2v) is 6.52. The Balaban J connectivity index is 1.65. The molecule has 3 heteroatoms. The molecule has 1 unspecified atom stereocenters. The zero-order valence-corrected chi connectivity index (χ0v) is 14.1. The summed E-state index contributed by atoms with van der Waals surface area (Å²) in [4.78, 5) is 4.83. The van der Waals surface area contributed by atoms with Crippen molar-refractivity contribution in [3.05, 3.63) is 46.8 Å². The maximum Gasteiger partial charge on any atom is 0.198 e. The summed E-state index contributed by atoms with van der Waals surface area (Å²) in [7, 11) is 2.13. The van der Waals surface area contributed by atoms with Crippen LogP contribution in [0.5, 0.6) is 0 Å². The molecule has 22 heavy (non-hydrogen) atoms. The Hall–Kier alpha value is -1.48. The van der Waals surface area contributed by atoms with Crippen LogP contribution in [0.3, 0.4) is 0 Å². The molecule has 0 spiro atoms. The molecule has 0 saturated carbocycles. The predicted molar refractivity (Wildman–Crippen MR) is 90.2 cm³/mol. The molecular formula is C19H28N2O. The minimum Gasteiger partial charge on any atom is -0.469 e. The molecule has 1 aromatic rings. The molecule has 2 aliphatic heterocycles. The van der Waals surface area contributed by atoms with Gasteiger partial charge in [-0.15, -0.1) is 0 Å². The Morgan fingerprint density at radius 1 is 1.09 bits per heavy atom. The van der Waals surface area contributed by atoms with Gasteiger partial charge in [0.15, 0.2) is 6.23 Å². The number of likely N-dealkylation sites (tertiary alicyclic amines) is 1. The molecule has 1 atom stereocenters. The number of hydrogen-bond donors (Lipinski definition) is 0. The van der Waals surface area contributed by atoms with Crippen molar-refractivity contribution in [2.75, 3.05) is 20.1 Å². The quantitative estimate of drug-likeness (QED) is 0.825. The summed E-state index contributed by atoms with van der Waals surface area (Å²) in [6, 6.07) is 8.99. The molecule has 0 bridgehead atoms. The van der Waals surface area contributed by atoms with Crippen LogP contribution in [0.4, 0.5) is 0 Å². The number of allylic oxidation sites excluding steroid dienone is 2. The monoisotopic (exact) mass is 300 g/mol. The third-order valence-corrected chi connectivity index (χ3v) is 4.93. The van der Waals surface area contributed by atoms with Gasteiger partial charge >= 0.3 is 0 Å². The third-order valence-electron chi connectivity index (χ3n) is 4.93. The Morgan fingerprint density at radius 3 is 2.36 bits per heavy atom. The zero-order chi connectivity index (χ0) is 15.5. The molecular weight excluding hydrogens is 272 g/mol. The van der Waals surface area contributed by atoms with Crippen molar-refractivity contribution in [2.24, 2.45) is 0 Å². The number of rotatable bonds is 4. The normalized spacial score (nSPS) is 23.0. The van der Waals surface area contributed by atoms with Crippen LogP contribution in [0, 0.1) is 0 Å². The lowest BCUT2D eigenvalue weighted by molar-refractivity contribution is 0.0542. The van der Waals surface area contributed by atoms with Crippen molar-refractivity contribution in [3.8, 4) is 0 Å². The van der Waals surface area contributed by atoms with Gasteiger partial charge in [-0.1, -0.05) is 37.6 Å². The van der Waals surface area contributed by atoms with Gasteiger partial charge in [-0.25, -0.2) is 0 Å². The summed E-state index contributed by atoms with van der Waals surface area (Å²) >= 11 is 0. The highest BCUT2D eigenvalue weighted by Gasteiger charge is 2.28. The Morgan fingerprint density at radius 2 is 1.77 bits per heavy atom. The van der Waals surface area contributed by atoms with Gasteiger partial charge in [0.25, 0.3) is 0 Å². The van der Waals surface area contributed by atoms with E-state index in [1.165, 1.54) is 49.2 Å². The number of nitrogens with zero attached hydrogens (tertiary/aromatic N) is 2. The summed E-state index contributed by atoms with van der Waals surface area (Å²) in [5, 5.41) is 0. The van der Waals surface area contributed by atoms with Crippen LogP contribution in [0.2, 0.25) is 0 Å². The fourth-order valence-corrected chi connectivity index (χ4v) is 3.66. The van der Waals surface area contributed by atoms with Gasteiger partial charge in [0.05, 0.1) is 5.70 Å². The van der Waals surface area contributed by atoms with E-state index in [9.17, 15) is 0 Å². The lowest BCUT2D eigenvalue weighted by atomic mass is 10.1. The van der Waals surface area contributed by atoms with Crippen molar-refractivity contribution in [3.63, 3.8) is 0 Å². The molecule has 120 valence electrons. The molecule has 1 saturated heterocycles. The van der Waals surface area contributed by atoms with Crippen LogP contribution >= 0.6 is 0 Å². The SMILES string of the molecule is CCC1=C(C)OC(c2ccc(CN3CCCCC3)cc2)N1C. The van der Waals surface area contributed by atoms with E-state index in [0.29, 0.717) is 0 Å². The predicted octanol–water partition coefficient (Wildman–Crippen LogP) is 4.27. The van der Waals surface area contributed by atoms with Crippen molar-refractivity contribution in [1.82, 2.24) is 9.80 Å². The van der Waals surface area contributed by atoms with Crippen LogP contribution in [-0.2, 0) is 11.3 Å². The van der Waals surface area contributed by atoms with Crippen molar-refractivity contribution in [1.29, 1.82) is 0 Å². The molecule has 1 fully saturated rings. The molecule has 0 amide bonds. The van der Waals surface area contributed by atoms with E-state index in [-0.39, 0.29) is 6.23 Å². The van der Waals surface area contributed by atoms with Crippen LogP contribution < -0.4 is 0 Å². The lowest BCUT2D eigenvalue weighted by Gasteiger charge is -2.27. The van der Waals surface area contributed by atoms with E-state index < -0.39 is 0 Å². The molecule has 2 aliphatic rings. The van der Waals surface area contributed by atoms with E-state index in [4.69, 9.17) is 4.74 Å². The fraction of sp³-hybridized carbons (Fsp3) is 0.579. The van der Waals surface area contributed by atoms with Gasteiger partial charge < -0.3 is 9.64 Å². The Kier molecular flexibility index (Phi) is 4.72. The highest BCUT2D eigenvalue weighted by atomic mass is 16.5. The van der Waals surface area contributed by atoms with E-state index in [1.54, 1.807) is 0 Å². The second-order valence-electron chi connectivity index (χ2n) is 6.52. The fourth-order valence-electron chi connectivity index (χ4n) is 3.66. The standard InChI is InChI=1S/C19H28N2O/c1-4-18-15(2)22-19(20(18)3)17-10-8-16(9-11-17)14-21-12-6-5-7-13-21/h8-11,19H,4-7,12-14H2,1-3H3. The smallest absolute Gasteiger partial charge is 0.198 e. The third kappa shape index (κ3) is 3.14. The number of piperidine rings is 1. The first-order valence-corrected chi connectivity index (χ1v) is 8.59. The lowest BCUT2D eigenvalue weighted by Crippen LogP contribution is -2.29. The summed E-state index contributed by atoms with van der Waals surface area (Å²) < 4.78 is 6.05. The van der Waals surface area contributed by atoms with E-state index >= 15 is 0 Å².